The van der Waals surface area contributed by atoms with E-state index in [2.05, 4.69) is 6.58 Å². The molecule has 3 heteroatoms. The first-order valence-electron chi connectivity index (χ1n) is 6.31. The number of nitrogens with two attached hydrogens (primary N) is 1. The van der Waals surface area contributed by atoms with E-state index in [1.807, 2.05) is 42.2 Å². The van der Waals surface area contributed by atoms with Gasteiger partial charge in [-0.25, -0.2) is 0 Å². The molecule has 0 aliphatic heterocycles. The highest BCUT2D eigenvalue weighted by Crippen LogP contribution is 2.07. The van der Waals surface area contributed by atoms with Gasteiger partial charge in [-0.15, -0.1) is 6.58 Å². The van der Waals surface area contributed by atoms with Crippen LogP contribution in [0.1, 0.15) is 25.3 Å². The van der Waals surface area contributed by atoms with E-state index in [9.17, 15) is 4.79 Å². The quantitative estimate of drug-likeness (QED) is 0.751. The number of carbonyl (C=O) groups excluding carboxylic acids is 1. The van der Waals surface area contributed by atoms with Crippen molar-refractivity contribution in [2.45, 2.75) is 32.4 Å². The number of hydrogen-bond acceptors (Lipinski definition) is 2. The molecule has 0 radical (unpaired) electrons. The maximum absolute atomic E-state index is 12.1. The van der Waals surface area contributed by atoms with Gasteiger partial charge in [-0.05, 0) is 18.9 Å². The summed E-state index contributed by atoms with van der Waals surface area (Å²) in [5.41, 5.74) is 6.81. The van der Waals surface area contributed by atoms with Gasteiger partial charge < -0.3 is 10.6 Å². The zero-order valence-corrected chi connectivity index (χ0v) is 11.0. The highest BCUT2D eigenvalue weighted by atomic mass is 16.2. The van der Waals surface area contributed by atoms with Gasteiger partial charge in [-0.2, -0.15) is 0 Å². The molecule has 1 aromatic rings. The average Bonchev–Trinajstić information content (AvgIpc) is 2.36. The van der Waals surface area contributed by atoms with E-state index in [1.54, 1.807) is 6.08 Å². The van der Waals surface area contributed by atoms with Gasteiger partial charge in [0.05, 0.1) is 0 Å². The van der Waals surface area contributed by atoms with Crippen LogP contribution < -0.4 is 5.73 Å². The molecule has 1 unspecified atom stereocenters. The zero-order valence-electron chi connectivity index (χ0n) is 11.0. The normalized spacial score (nSPS) is 11.9. The average molecular weight is 246 g/mol. The third-order valence-corrected chi connectivity index (χ3v) is 2.73. The van der Waals surface area contributed by atoms with Crippen LogP contribution in [-0.2, 0) is 11.3 Å². The Morgan fingerprint density at radius 1 is 1.44 bits per heavy atom. The van der Waals surface area contributed by atoms with Crippen LogP contribution in [0.25, 0.3) is 0 Å². The lowest BCUT2D eigenvalue weighted by molar-refractivity contribution is -0.131. The molecule has 3 nitrogen and oxygen atoms in total. The van der Waals surface area contributed by atoms with Gasteiger partial charge in [-0.3, -0.25) is 4.79 Å². The molecule has 2 N–H and O–H groups in total. The minimum absolute atomic E-state index is 0.0660. The van der Waals surface area contributed by atoms with Crippen LogP contribution in [0.2, 0.25) is 0 Å². The third-order valence-electron chi connectivity index (χ3n) is 2.73. The minimum atomic E-state index is 0.0660. The smallest absolute Gasteiger partial charge is 0.223 e. The Kier molecular flexibility index (Phi) is 6.15. The fourth-order valence-corrected chi connectivity index (χ4v) is 1.72. The molecule has 0 fully saturated rings. The van der Waals surface area contributed by atoms with E-state index >= 15 is 0 Å². The van der Waals surface area contributed by atoms with Crippen molar-refractivity contribution in [1.29, 1.82) is 0 Å². The molecule has 0 saturated heterocycles. The predicted molar refractivity (Wildman–Crippen MR) is 74.9 cm³/mol. The Morgan fingerprint density at radius 3 is 2.67 bits per heavy atom. The molecule has 1 atom stereocenters. The summed E-state index contributed by atoms with van der Waals surface area (Å²) in [5, 5.41) is 0. The second-order valence-electron chi connectivity index (χ2n) is 4.56. The second-order valence-corrected chi connectivity index (χ2v) is 4.56. The van der Waals surface area contributed by atoms with Crippen molar-refractivity contribution in [3.05, 3.63) is 48.6 Å². The standard InChI is InChI=1S/C15H22N2O/c1-3-11-17(15(18)10-9-13(2)16)12-14-7-5-4-6-8-14/h3-8,13H,1,9-12,16H2,2H3. The van der Waals surface area contributed by atoms with Gasteiger partial charge in [0, 0.05) is 25.6 Å². The SMILES string of the molecule is C=CCN(Cc1ccccc1)C(=O)CCC(C)N. The van der Waals surface area contributed by atoms with Gasteiger partial charge in [0.2, 0.25) is 5.91 Å². The fourth-order valence-electron chi connectivity index (χ4n) is 1.72. The summed E-state index contributed by atoms with van der Waals surface area (Å²) in [6, 6.07) is 10.0. The topological polar surface area (TPSA) is 46.3 Å². The molecule has 0 bridgehead atoms. The van der Waals surface area contributed by atoms with Crippen molar-refractivity contribution in [3.63, 3.8) is 0 Å². The number of nitrogens with zero attached hydrogens (tertiary/aromatic N) is 1. The zero-order chi connectivity index (χ0) is 13.4. The predicted octanol–water partition coefficient (Wildman–Crippen LogP) is 2.33. The molecule has 98 valence electrons. The lowest BCUT2D eigenvalue weighted by Gasteiger charge is -2.21. The Bertz CT molecular complexity index is 373. The molecule has 0 aliphatic carbocycles. The molecule has 1 aromatic carbocycles. The van der Waals surface area contributed by atoms with Crippen molar-refractivity contribution in [3.8, 4) is 0 Å². The largest absolute Gasteiger partial charge is 0.335 e. The summed E-state index contributed by atoms with van der Waals surface area (Å²) in [5.74, 6) is 0.135. The monoisotopic (exact) mass is 246 g/mol. The molecular formula is C15H22N2O. The molecule has 18 heavy (non-hydrogen) atoms. The number of benzene rings is 1. The van der Waals surface area contributed by atoms with Gasteiger partial charge in [-0.1, -0.05) is 36.4 Å². The first-order valence-corrected chi connectivity index (χ1v) is 6.31. The van der Waals surface area contributed by atoms with Crippen molar-refractivity contribution < 1.29 is 4.79 Å². The van der Waals surface area contributed by atoms with E-state index in [0.29, 0.717) is 19.5 Å². The Morgan fingerprint density at radius 2 is 2.11 bits per heavy atom. The molecular weight excluding hydrogens is 224 g/mol. The number of carbonyl (C=O) groups is 1. The fraction of sp³-hybridized carbons (Fsp3) is 0.400. The molecule has 1 amide bonds. The highest BCUT2D eigenvalue weighted by Gasteiger charge is 2.12. The van der Waals surface area contributed by atoms with Crippen LogP contribution in [0.3, 0.4) is 0 Å². The number of hydrogen-bond donors (Lipinski definition) is 1. The van der Waals surface area contributed by atoms with Gasteiger partial charge in [0.25, 0.3) is 0 Å². The van der Waals surface area contributed by atoms with E-state index in [1.165, 1.54) is 0 Å². The summed E-state index contributed by atoms with van der Waals surface area (Å²) in [6.45, 7) is 6.83. The highest BCUT2D eigenvalue weighted by molar-refractivity contribution is 5.76. The maximum atomic E-state index is 12.1. The Balaban J connectivity index is 2.59. The lowest BCUT2D eigenvalue weighted by Crippen LogP contribution is -2.31. The van der Waals surface area contributed by atoms with Crippen LogP contribution in [0.4, 0.5) is 0 Å². The van der Waals surface area contributed by atoms with Crippen molar-refractivity contribution in [2.75, 3.05) is 6.54 Å². The number of amides is 1. The summed E-state index contributed by atoms with van der Waals surface area (Å²) < 4.78 is 0. The van der Waals surface area contributed by atoms with Crippen LogP contribution in [-0.4, -0.2) is 23.4 Å². The summed E-state index contributed by atoms with van der Waals surface area (Å²) >= 11 is 0. The number of rotatable bonds is 7. The van der Waals surface area contributed by atoms with Crippen LogP contribution >= 0.6 is 0 Å². The first-order chi connectivity index (χ1) is 8.63. The van der Waals surface area contributed by atoms with E-state index in [0.717, 1.165) is 12.0 Å². The third kappa shape index (κ3) is 5.15. The van der Waals surface area contributed by atoms with E-state index < -0.39 is 0 Å². The maximum Gasteiger partial charge on any atom is 0.223 e. The van der Waals surface area contributed by atoms with Crippen LogP contribution in [0.15, 0.2) is 43.0 Å². The van der Waals surface area contributed by atoms with Gasteiger partial charge >= 0.3 is 0 Å². The van der Waals surface area contributed by atoms with Crippen molar-refractivity contribution >= 4 is 5.91 Å². The Hall–Kier alpha value is -1.61. The van der Waals surface area contributed by atoms with Crippen molar-refractivity contribution in [2.24, 2.45) is 5.73 Å². The van der Waals surface area contributed by atoms with Crippen LogP contribution in [0, 0.1) is 0 Å². The molecule has 0 aliphatic rings. The molecule has 0 spiro atoms. The van der Waals surface area contributed by atoms with Gasteiger partial charge in [0.1, 0.15) is 0 Å². The molecule has 0 aromatic heterocycles. The van der Waals surface area contributed by atoms with Crippen LogP contribution in [0.5, 0.6) is 0 Å². The minimum Gasteiger partial charge on any atom is -0.335 e. The molecule has 0 heterocycles. The summed E-state index contributed by atoms with van der Waals surface area (Å²) in [7, 11) is 0. The summed E-state index contributed by atoms with van der Waals surface area (Å²) in [6.07, 6.45) is 2.98. The molecule has 1 rings (SSSR count). The first kappa shape index (κ1) is 14.5. The lowest BCUT2D eigenvalue weighted by atomic mass is 10.1. The van der Waals surface area contributed by atoms with E-state index in [-0.39, 0.29) is 11.9 Å². The van der Waals surface area contributed by atoms with Gasteiger partial charge in [0.15, 0.2) is 0 Å². The van der Waals surface area contributed by atoms with E-state index in [4.69, 9.17) is 5.73 Å². The Labute approximate surface area is 109 Å². The van der Waals surface area contributed by atoms with Crippen molar-refractivity contribution in [1.82, 2.24) is 4.90 Å². The molecule has 0 saturated carbocycles. The second kappa shape index (κ2) is 7.67. The summed E-state index contributed by atoms with van der Waals surface area (Å²) in [4.78, 5) is 13.9.